The Bertz CT molecular complexity index is 430. The molecule has 1 heterocycles. The molecule has 0 bridgehead atoms. The van der Waals surface area contributed by atoms with Crippen LogP contribution in [0.4, 0.5) is 4.79 Å². The monoisotopic (exact) mass is 308 g/mol. The maximum Gasteiger partial charge on any atom is 0.407 e. The number of alkyl carbamates (subject to hydrolysis) is 1. The van der Waals surface area contributed by atoms with E-state index in [1.54, 1.807) is 20.8 Å². The Hall–Kier alpha value is -0.860. The molecule has 1 amide bonds. The smallest absolute Gasteiger partial charge is 0.407 e. The predicted octanol–water partition coefficient (Wildman–Crippen LogP) is 0.562. The highest BCUT2D eigenvalue weighted by atomic mass is 32.2. The summed E-state index contributed by atoms with van der Waals surface area (Å²) in [5.74, 6) is 0. The van der Waals surface area contributed by atoms with Gasteiger partial charge in [-0.2, -0.15) is 8.42 Å². The van der Waals surface area contributed by atoms with Crippen molar-refractivity contribution < 1.29 is 22.1 Å². The summed E-state index contributed by atoms with van der Waals surface area (Å²) in [6.07, 6.45) is 1.01. The highest BCUT2D eigenvalue weighted by Gasteiger charge is 2.26. The van der Waals surface area contributed by atoms with Gasteiger partial charge in [-0.25, -0.2) is 4.79 Å². The minimum Gasteiger partial charge on any atom is -0.444 e. The third-order valence-corrected chi connectivity index (χ3v) is 3.26. The first kappa shape index (κ1) is 17.2. The van der Waals surface area contributed by atoms with Crippen molar-refractivity contribution in [1.29, 1.82) is 0 Å². The molecule has 1 saturated heterocycles. The summed E-state index contributed by atoms with van der Waals surface area (Å²) in [5.41, 5.74) is -0.508. The Morgan fingerprint density at radius 3 is 2.60 bits per heavy atom. The van der Waals surface area contributed by atoms with Crippen LogP contribution >= 0.6 is 0 Å². The van der Waals surface area contributed by atoms with Gasteiger partial charge in [0.25, 0.3) is 10.1 Å². The molecule has 0 spiro atoms. The Morgan fingerprint density at radius 1 is 1.40 bits per heavy atom. The van der Waals surface area contributed by atoms with Crippen LogP contribution in [0.15, 0.2) is 0 Å². The molecule has 7 nitrogen and oxygen atoms in total. The van der Waals surface area contributed by atoms with E-state index in [0.717, 1.165) is 12.8 Å². The number of carbonyl (C=O) groups excluding carboxylic acids is 1. The summed E-state index contributed by atoms with van der Waals surface area (Å²) >= 11 is 0. The van der Waals surface area contributed by atoms with Crippen LogP contribution in [-0.2, 0) is 19.0 Å². The molecular formula is C12H24N2O5S. The van der Waals surface area contributed by atoms with E-state index < -0.39 is 21.8 Å². The van der Waals surface area contributed by atoms with E-state index in [-0.39, 0.29) is 6.10 Å². The van der Waals surface area contributed by atoms with Crippen LogP contribution in [0.1, 0.15) is 27.2 Å². The second-order valence-corrected chi connectivity index (χ2v) is 7.54. The number of hydrogen-bond donors (Lipinski definition) is 1. The predicted molar refractivity (Wildman–Crippen MR) is 75.0 cm³/mol. The van der Waals surface area contributed by atoms with Crippen molar-refractivity contribution in [2.45, 2.75) is 38.9 Å². The summed E-state index contributed by atoms with van der Waals surface area (Å²) in [6.45, 7) is 7.84. The molecule has 20 heavy (non-hydrogen) atoms. The van der Waals surface area contributed by atoms with E-state index in [1.807, 2.05) is 4.90 Å². The zero-order chi connectivity index (χ0) is 15.4. The first-order valence-electron chi connectivity index (χ1n) is 6.63. The molecule has 1 atom stereocenters. The summed E-state index contributed by atoms with van der Waals surface area (Å²) in [5, 5.41) is 2.67. The molecule has 118 valence electrons. The molecule has 0 aromatic carbocycles. The van der Waals surface area contributed by atoms with Crippen molar-refractivity contribution in [2.75, 3.05) is 32.4 Å². The largest absolute Gasteiger partial charge is 0.444 e. The summed E-state index contributed by atoms with van der Waals surface area (Å²) in [7, 11) is -3.40. The third-order valence-electron chi connectivity index (χ3n) is 2.64. The Balaban J connectivity index is 2.20. The first-order valence-corrected chi connectivity index (χ1v) is 8.44. The minimum atomic E-state index is -3.40. The minimum absolute atomic E-state index is 0.286. The molecule has 0 aromatic heterocycles. The van der Waals surface area contributed by atoms with Crippen molar-refractivity contribution in [1.82, 2.24) is 10.2 Å². The molecule has 0 aliphatic carbocycles. The van der Waals surface area contributed by atoms with Crippen LogP contribution in [-0.4, -0.2) is 63.6 Å². The second-order valence-electron chi connectivity index (χ2n) is 5.94. The van der Waals surface area contributed by atoms with E-state index in [1.165, 1.54) is 0 Å². The quantitative estimate of drug-likeness (QED) is 0.747. The number of amides is 1. The van der Waals surface area contributed by atoms with Crippen molar-refractivity contribution >= 4 is 16.2 Å². The summed E-state index contributed by atoms with van der Waals surface area (Å²) < 4.78 is 32.1. The van der Waals surface area contributed by atoms with Crippen LogP contribution in [0, 0.1) is 0 Å². The number of nitrogens with one attached hydrogen (secondary N) is 1. The molecular weight excluding hydrogens is 284 g/mol. The Kier molecular flexibility index (Phi) is 5.79. The van der Waals surface area contributed by atoms with Crippen LogP contribution in [0.25, 0.3) is 0 Å². The normalized spacial score (nSPS) is 20.9. The molecule has 1 N–H and O–H groups in total. The van der Waals surface area contributed by atoms with Gasteiger partial charge in [-0.3, -0.25) is 9.08 Å². The van der Waals surface area contributed by atoms with Crippen molar-refractivity contribution in [3.8, 4) is 0 Å². The van der Waals surface area contributed by atoms with Gasteiger partial charge in [0.05, 0.1) is 12.4 Å². The van der Waals surface area contributed by atoms with Crippen molar-refractivity contribution in [2.24, 2.45) is 0 Å². The zero-order valence-electron chi connectivity index (χ0n) is 12.5. The average molecular weight is 308 g/mol. The Labute approximate surface area is 120 Å². The molecule has 1 aliphatic rings. The van der Waals surface area contributed by atoms with Gasteiger partial charge in [-0.05, 0) is 27.2 Å². The van der Waals surface area contributed by atoms with Gasteiger partial charge in [0.2, 0.25) is 0 Å². The molecule has 0 radical (unpaired) electrons. The number of nitrogens with zero attached hydrogens (tertiary/aromatic N) is 1. The van der Waals surface area contributed by atoms with Gasteiger partial charge in [0, 0.05) is 26.2 Å². The van der Waals surface area contributed by atoms with Gasteiger partial charge in [-0.15, -0.1) is 0 Å². The van der Waals surface area contributed by atoms with Crippen LogP contribution in [0.3, 0.4) is 0 Å². The third kappa shape index (κ3) is 7.66. The van der Waals surface area contributed by atoms with Gasteiger partial charge in [-0.1, -0.05) is 0 Å². The van der Waals surface area contributed by atoms with E-state index in [9.17, 15) is 13.2 Å². The lowest BCUT2D eigenvalue weighted by atomic mass is 10.2. The lowest BCUT2D eigenvalue weighted by Crippen LogP contribution is -2.37. The summed E-state index contributed by atoms with van der Waals surface area (Å²) in [4.78, 5) is 13.5. The Morgan fingerprint density at radius 2 is 2.05 bits per heavy atom. The second kappa shape index (κ2) is 6.73. The molecule has 1 rings (SSSR count). The maximum atomic E-state index is 11.4. The number of rotatable bonds is 5. The van der Waals surface area contributed by atoms with Crippen molar-refractivity contribution in [3.63, 3.8) is 0 Å². The fourth-order valence-electron chi connectivity index (χ4n) is 1.96. The molecule has 0 saturated carbocycles. The van der Waals surface area contributed by atoms with Gasteiger partial charge in [0.1, 0.15) is 5.60 Å². The lowest BCUT2D eigenvalue weighted by Gasteiger charge is -2.21. The number of hydrogen-bond acceptors (Lipinski definition) is 6. The fourth-order valence-corrected chi connectivity index (χ4v) is 2.61. The number of carbonyl (C=O) groups is 1. The van der Waals surface area contributed by atoms with Crippen LogP contribution < -0.4 is 5.32 Å². The lowest BCUT2D eigenvalue weighted by molar-refractivity contribution is 0.0523. The van der Waals surface area contributed by atoms with Crippen molar-refractivity contribution in [3.05, 3.63) is 0 Å². The van der Waals surface area contributed by atoms with Gasteiger partial charge < -0.3 is 10.1 Å². The highest BCUT2D eigenvalue weighted by molar-refractivity contribution is 7.86. The van der Waals surface area contributed by atoms with Crippen LogP contribution in [0.5, 0.6) is 0 Å². The SMILES string of the molecule is CC(C)(C)OC(=O)NCCN1CCC(OS(C)(=O)=O)C1. The molecule has 1 aliphatic heterocycles. The average Bonchev–Trinajstić information content (AvgIpc) is 2.59. The van der Waals surface area contributed by atoms with Gasteiger partial charge in [0.15, 0.2) is 0 Å². The van der Waals surface area contributed by atoms with E-state index in [0.29, 0.717) is 26.1 Å². The number of ether oxygens (including phenoxy) is 1. The molecule has 0 aromatic rings. The summed E-state index contributed by atoms with van der Waals surface area (Å²) in [6, 6.07) is 0. The van der Waals surface area contributed by atoms with Gasteiger partial charge >= 0.3 is 6.09 Å². The van der Waals surface area contributed by atoms with E-state index in [2.05, 4.69) is 5.32 Å². The van der Waals surface area contributed by atoms with Crippen LogP contribution in [0.2, 0.25) is 0 Å². The maximum absolute atomic E-state index is 11.4. The molecule has 1 unspecified atom stereocenters. The number of likely N-dealkylation sites (tertiary alicyclic amines) is 1. The van der Waals surface area contributed by atoms with E-state index >= 15 is 0 Å². The molecule has 1 fully saturated rings. The topological polar surface area (TPSA) is 84.9 Å². The highest BCUT2D eigenvalue weighted by Crippen LogP contribution is 2.13. The fraction of sp³-hybridized carbons (Fsp3) is 0.917. The standard InChI is InChI=1S/C12H24N2O5S/c1-12(2,3)18-11(15)13-6-8-14-7-5-10(9-14)19-20(4,16)17/h10H,5-9H2,1-4H3,(H,13,15). The zero-order valence-corrected chi connectivity index (χ0v) is 13.3. The first-order chi connectivity index (χ1) is 9.05. The molecule has 8 heteroatoms. The van der Waals surface area contributed by atoms with E-state index in [4.69, 9.17) is 8.92 Å².